The maximum Gasteiger partial charge on any atom is 0.0634 e. The Bertz CT molecular complexity index is 372. The third-order valence-corrected chi connectivity index (χ3v) is 4.90. The Morgan fingerprint density at radius 1 is 1.47 bits per heavy atom. The number of hydrogen-bond donors (Lipinski definition) is 0. The van der Waals surface area contributed by atoms with E-state index in [9.17, 15) is 0 Å². The fourth-order valence-electron chi connectivity index (χ4n) is 2.48. The molecule has 2 rings (SSSR count). The lowest BCUT2D eigenvalue weighted by Gasteiger charge is -2.35. The van der Waals surface area contributed by atoms with E-state index in [1.807, 2.05) is 12.3 Å². The van der Waals surface area contributed by atoms with Crippen LogP contribution in [0.25, 0.3) is 0 Å². The molecule has 0 N–H and O–H groups in total. The predicted molar refractivity (Wildman–Crippen MR) is 75.7 cm³/mol. The maximum atomic E-state index is 6.14. The second-order valence-corrected chi connectivity index (χ2v) is 6.33. The lowest BCUT2D eigenvalue weighted by molar-refractivity contribution is 0.193. The molecule has 1 aromatic heterocycles. The van der Waals surface area contributed by atoms with Gasteiger partial charge in [0.15, 0.2) is 0 Å². The van der Waals surface area contributed by atoms with E-state index in [4.69, 9.17) is 11.6 Å². The molecule has 0 aromatic carbocycles. The van der Waals surface area contributed by atoms with Crippen molar-refractivity contribution in [2.45, 2.75) is 43.1 Å². The van der Waals surface area contributed by atoms with Crippen molar-refractivity contribution in [3.63, 3.8) is 0 Å². The van der Waals surface area contributed by atoms with E-state index in [1.54, 1.807) is 6.20 Å². The molecule has 0 radical (unpaired) electrons. The Labute approximate surface area is 116 Å². The van der Waals surface area contributed by atoms with Gasteiger partial charge in [-0.1, -0.05) is 40.4 Å². The van der Waals surface area contributed by atoms with Crippen molar-refractivity contribution in [3.05, 3.63) is 29.0 Å². The zero-order chi connectivity index (χ0) is 12.3. The van der Waals surface area contributed by atoms with Crippen LogP contribution < -0.4 is 0 Å². The number of nitrogens with zero attached hydrogens (tertiary/aromatic N) is 2. The summed E-state index contributed by atoms with van der Waals surface area (Å²) < 4.78 is 0. The zero-order valence-corrected chi connectivity index (χ0v) is 12.4. The van der Waals surface area contributed by atoms with Gasteiger partial charge in [0.1, 0.15) is 0 Å². The summed E-state index contributed by atoms with van der Waals surface area (Å²) in [6.07, 6.45) is 8.75. The van der Waals surface area contributed by atoms with E-state index in [0.717, 1.165) is 17.1 Å². The average molecular weight is 318 g/mol. The van der Waals surface area contributed by atoms with Gasteiger partial charge in [-0.3, -0.25) is 9.88 Å². The normalized spacial score (nSPS) is 25.2. The summed E-state index contributed by atoms with van der Waals surface area (Å²) >= 11 is 9.94. The van der Waals surface area contributed by atoms with Gasteiger partial charge >= 0.3 is 0 Å². The number of hydrogen-bond acceptors (Lipinski definition) is 2. The fourth-order valence-corrected chi connectivity index (χ4v) is 3.65. The summed E-state index contributed by atoms with van der Waals surface area (Å²) in [5, 5.41) is 0.765. The van der Waals surface area contributed by atoms with Crippen LogP contribution in [-0.4, -0.2) is 27.8 Å². The van der Waals surface area contributed by atoms with Gasteiger partial charge in [-0.15, -0.1) is 0 Å². The molecule has 0 aliphatic heterocycles. The minimum atomic E-state index is 0.613. The third-order valence-electron chi connectivity index (χ3n) is 3.49. The van der Waals surface area contributed by atoms with Crippen molar-refractivity contribution in [2.75, 3.05) is 7.05 Å². The molecule has 1 aliphatic carbocycles. The van der Waals surface area contributed by atoms with Gasteiger partial charge in [0.2, 0.25) is 0 Å². The third kappa shape index (κ3) is 3.43. The van der Waals surface area contributed by atoms with E-state index in [1.165, 1.54) is 25.7 Å². The molecule has 2 atom stereocenters. The van der Waals surface area contributed by atoms with Crippen LogP contribution in [0.3, 0.4) is 0 Å². The number of halogens is 2. The van der Waals surface area contributed by atoms with E-state index in [-0.39, 0.29) is 0 Å². The zero-order valence-electron chi connectivity index (χ0n) is 10.1. The van der Waals surface area contributed by atoms with Gasteiger partial charge in [-0.25, -0.2) is 0 Å². The standard InChI is InChI=1S/C13H18BrClN2/c1-17(13-5-3-2-4-11(13)14)9-10-6-7-16-8-12(10)15/h6-8,11,13H,2-5,9H2,1H3. The van der Waals surface area contributed by atoms with Gasteiger partial charge in [0, 0.05) is 29.8 Å². The van der Waals surface area contributed by atoms with Gasteiger partial charge in [-0.2, -0.15) is 0 Å². The first-order chi connectivity index (χ1) is 8.18. The highest BCUT2D eigenvalue weighted by molar-refractivity contribution is 9.09. The van der Waals surface area contributed by atoms with Crippen molar-refractivity contribution in [2.24, 2.45) is 0 Å². The van der Waals surface area contributed by atoms with Gasteiger partial charge < -0.3 is 0 Å². The summed E-state index contributed by atoms with van der Waals surface area (Å²) in [5.74, 6) is 0. The fraction of sp³-hybridized carbons (Fsp3) is 0.615. The van der Waals surface area contributed by atoms with Crippen LogP contribution in [0, 0.1) is 0 Å². The van der Waals surface area contributed by atoms with Gasteiger partial charge in [0.25, 0.3) is 0 Å². The number of alkyl halides is 1. The van der Waals surface area contributed by atoms with Crippen LogP contribution in [0.1, 0.15) is 31.2 Å². The molecular weight excluding hydrogens is 300 g/mol. The minimum absolute atomic E-state index is 0.613. The molecule has 1 aliphatic rings. The summed E-state index contributed by atoms with van der Waals surface area (Å²) in [5.41, 5.74) is 1.16. The predicted octanol–water partition coefficient (Wildman–Crippen LogP) is 3.87. The Balaban J connectivity index is 2.01. The first kappa shape index (κ1) is 13.3. The van der Waals surface area contributed by atoms with Crippen molar-refractivity contribution >= 4 is 27.5 Å². The number of aromatic nitrogens is 1. The Morgan fingerprint density at radius 3 is 2.94 bits per heavy atom. The Morgan fingerprint density at radius 2 is 2.24 bits per heavy atom. The minimum Gasteiger partial charge on any atom is -0.298 e. The van der Waals surface area contributed by atoms with Crippen LogP contribution in [0.4, 0.5) is 0 Å². The summed E-state index contributed by atoms with van der Waals surface area (Å²) in [7, 11) is 2.18. The van der Waals surface area contributed by atoms with Crippen LogP contribution in [0.5, 0.6) is 0 Å². The van der Waals surface area contributed by atoms with Crippen LogP contribution in [-0.2, 0) is 6.54 Å². The van der Waals surface area contributed by atoms with Crippen molar-refractivity contribution in [1.82, 2.24) is 9.88 Å². The molecule has 1 heterocycles. The second kappa shape index (κ2) is 6.17. The topological polar surface area (TPSA) is 16.1 Å². The SMILES string of the molecule is CN(Cc1ccncc1Cl)C1CCCCC1Br. The quantitative estimate of drug-likeness (QED) is 0.787. The molecule has 0 saturated heterocycles. The van der Waals surface area contributed by atoms with E-state index >= 15 is 0 Å². The number of pyridine rings is 1. The van der Waals surface area contributed by atoms with E-state index in [2.05, 4.69) is 32.9 Å². The summed E-state index contributed by atoms with van der Waals surface area (Å²) in [6.45, 7) is 0.897. The largest absolute Gasteiger partial charge is 0.298 e. The van der Waals surface area contributed by atoms with Crippen LogP contribution in [0.15, 0.2) is 18.5 Å². The first-order valence-electron chi connectivity index (χ1n) is 6.11. The van der Waals surface area contributed by atoms with Crippen molar-refractivity contribution in [3.8, 4) is 0 Å². The smallest absolute Gasteiger partial charge is 0.0634 e. The highest BCUT2D eigenvalue weighted by Gasteiger charge is 2.26. The molecule has 17 heavy (non-hydrogen) atoms. The molecule has 1 saturated carbocycles. The Hall–Kier alpha value is -0.120. The first-order valence-corrected chi connectivity index (χ1v) is 7.40. The molecular formula is C13H18BrClN2. The van der Waals surface area contributed by atoms with E-state index < -0.39 is 0 Å². The lowest BCUT2D eigenvalue weighted by Crippen LogP contribution is -2.40. The van der Waals surface area contributed by atoms with Crippen LogP contribution in [0.2, 0.25) is 5.02 Å². The molecule has 0 bridgehead atoms. The number of rotatable bonds is 3. The molecule has 94 valence electrons. The van der Waals surface area contributed by atoms with Crippen LogP contribution >= 0.6 is 27.5 Å². The molecule has 2 unspecified atom stereocenters. The molecule has 1 aromatic rings. The van der Waals surface area contributed by atoms with Crippen molar-refractivity contribution in [1.29, 1.82) is 0 Å². The highest BCUT2D eigenvalue weighted by Crippen LogP contribution is 2.29. The molecule has 2 nitrogen and oxygen atoms in total. The molecule has 1 fully saturated rings. The molecule has 0 spiro atoms. The maximum absolute atomic E-state index is 6.14. The van der Waals surface area contributed by atoms with Gasteiger partial charge in [0.05, 0.1) is 5.02 Å². The average Bonchev–Trinajstić information content (AvgIpc) is 2.32. The molecule has 0 amide bonds. The monoisotopic (exact) mass is 316 g/mol. The summed E-state index contributed by atoms with van der Waals surface area (Å²) in [4.78, 5) is 7.04. The highest BCUT2D eigenvalue weighted by atomic mass is 79.9. The Kier molecular flexibility index (Phi) is 4.83. The van der Waals surface area contributed by atoms with Gasteiger partial charge in [-0.05, 0) is 31.5 Å². The summed E-state index contributed by atoms with van der Waals surface area (Å²) in [6, 6.07) is 2.62. The van der Waals surface area contributed by atoms with E-state index in [0.29, 0.717) is 10.9 Å². The second-order valence-electron chi connectivity index (χ2n) is 4.75. The lowest BCUT2D eigenvalue weighted by atomic mass is 9.94. The molecule has 4 heteroatoms. The van der Waals surface area contributed by atoms with Crippen molar-refractivity contribution < 1.29 is 0 Å².